The van der Waals surface area contributed by atoms with Gasteiger partial charge in [0.05, 0.1) is 5.52 Å². The molecule has 100 valence electrons. The Balaban J connectivity index is 1.85. The molecule has 5 heteroatoms. The Morgan fingerprint density at radius 3 is 2.80 bits per heavy atom. The van der Waals surface area contributed by atoms with Crippen molar-refractivity contribution in [2.45, 2.75) is 6.54 Å². The lowest BCUT2D eigenvalue weighted by atomic mass is 10.2. The molecule has 3 rings (SSSR count). The minimum Gasteiger partial charge on any atom is -0.505 e. The fourth-order valence-electron chi connectivity index (χ4n) is 1.99. The van der Waals surface area contributed by atoms with E-state index in [0.29, 0.717) is 12.4 Å². The highest BCUT2D eigenvalue weighted by Crippen LogP contribution is 2.20. The number of hydrogen-bond donors (Lipinski definition) is 2. The van der Waals surface area contributed by atoms with Crippen molar-refractivity contribution in [1.29, 1.82) is 0 Å². The monoisotopic (exact) mass is 269 g/mol. The highest BCUT2D eigenvalue weighted by molar-refractivity contribution is 5.88. The molecule has 0 fully saturated rings. The molecular formula is C15H12FN3O. The van der Waals surface area contributed by atoms with Crippen LogP contribution < -0.4 is 5.32 Å². The molecule has 2 N–H and O–H groups in total. The second-order valence-corrected chi connectivity index (χ2v) is 4.38. The van der Waals surface area contributed by atoms with Crippen LogP contribution in [0.2, 0.25) is 0 Å². The third kappa shape index (κ3) is 2.38. The van der Waals surface area contributed by atoms with Gasteiger partial charge in [0, 0.05) is 11.9 Å². The van der Waals surface area contributed by atoms with Crippen LogP contribution >= 0.6 is 0 Å². The number of phenolic OH excluding ortho intramolecular Hbond substituents is 1. The van der Waals surface area contributed by atoms with E-state index in [0.717, 1.165) is 16.5 Å². The summed E-state index contributed by atoms with van der Waals surface area (Å²) in [6.45, 7) is 0.415. The molecule has 2 aromatic carbocycles. The number of phenols is 1. The first kappa shape index (κ1) is 12.3. The van der Waals surface area contributed by atoms with E-state index in [-0.39, 0.29) is 5.75 Å². The summed E-state index contributed by atoms with van der Waals surface area (Å²) in [5, 5.41) is 13.2. The largest absolute Gasteiger partial charge is 0.505 e. The normalized spacial score (nSPS) is 10.7. The van der Waals surface area contributed by atoms with Gasteiger partial charge in [-0.1, -0.05) is 18.2 Å². The summed E-state index contributed by atoms with van der Waals surface area (Å²) in [7, 11) is 0. The van der Waals surface area contributed by atoms with Crippen LogP contribution in [0.1, 0.15) is 5.56 Å². The van der Waals surface area contributed by atoms with Crippen molar-refractivity contribution >= 4 is 16.7 Å². The van der Waals surface area contributed by atoms with Crippen molar-refractivity contribution < 1.29 is 9.50 Å². The van der Waals surface area contributed by atoms with Gasteiger partial charge in [-0.25, -0.2) is 14.4 Å². The third-order valence-electron chi connectivity index (χ3n) is 3.01. The van der Waals surface area contributed by atoms with Crippen LogP contribution in [-0.2, 0) is 6.54 Å². The maximum absolute atomic E-state index is 13.3. The van der Waals surface area contributed by atoms with Crippen molar-refractivity contribution in [2.24, 2.45) is 0 Å². The Kier molecular flexibility index (Phi) is 3.16. The van der Waals surface area contributed by atoms with Crippen molar-refractivity contribution in [3.05, 3.63) is 60.2 Å². The van der Waals surface area contributed by atoms with Crippen LogP contribution in [0.15, 0.2) is 48.8 Å². The number of rotatable bonds is 3. The van der Waals surface area contributed by atoms with Crippen LogP contribution in [0.25, 0.3) is 10.9 Å². The lowest BCUT2D eigenvalue weighted by Crippen LogP contribution is -2.02. The molecule has 0 aliphatic heterocycles. The smallest absolute Gasteiger partial charge is 0.165 e. The zero-order chi connectivity index (χ0) is 13.9. The molecular weight excluding hydrogens is 257 g/mol. The minimum absolute atomic E-state index is 0.346. The average Bonchev–Trinajstić information content (AvgIpc) is 2.48. The highest BCUT2D eigenvalue weighted by atomic mass is 19.1. The number of nitrogens with one attached hydrogen (secondary N) is 1. The van der Waals surface area contributed by atoms with Gasteiger partial charge in [0.2, 0.25) is 0 Å². The Hall–Kier alpha value is -2.69. The standard InChI is InChI=1S/C15H12FN3O/c16-12-7-10(5-6-14(12)20)8-17-15-11-3-1-2-4-13(11)18-9-19-15/h1-7,9,20H,8H2,(H,17,18,19). The van der Waals surface area contributed by atoms with Crippen LogP contribution in [-0.4, -0.2) is 15.1 Å². The molecule has 20 heavy (non-hydrogen) atoms. The fraction of sp³-hybridized carbons (Fsp3) is 0.0667. The van der Waals surface area contributed by atoms with Crippen molar-refractivity contribution in [3.8, 4) is 5.75 Å². The molecule has 0 bridgehead atoms. The summed E-state index contributed by atoms with van der Waals surface area (Å²) in [6.07, 6.45) is 1.49. The quantitative estimate of drug-likeness (QED) is 0.767. The van der Waals surface area contributed by atoms with Crippen molar-refractivity contribution in [3.63, 3.8) is 0 Å². The Bertz CT molecular complexity index is 756. The number of benzene rings is 2. The van der Waals surface area contributed by atoms with Gasteiger partial charge in [0.25, 0.3) is 0 Å². The third-order valence-corrected chi connectivity index (χ3v) is 3.01. The number of nitrogens with zero attached hydrogens (tertiary/aromatic N) is 2. The first-order valence-electron chi connectivity index (χ1n) is 6.15. The molecule has 0 aliphatic rings. The zero-order valence-corrected chi connectivity index (χ0v) is 10.5. The van der Waals surface area contributed by atoms with E-state index < -0.39 is 5.82 Å². The number of anilines is 1. The highest BCUT2D eigenvalue weighted by Gasteiger charge is 2.04. The van der Waals surface area contributed by atoms with Gasteiger partial charge in [-0.15, -0.1) is 0 Å². The fourth-order valence-corrected chi connectivity index (χ4v) is 1.99. The van der Waals surface area contributed by atoms with E-state index in [9.17, 15) is 4.39 Å². The molecule has 3 aromatic rings. The average molecular weight is 269 g/mol. The summed E-state index contributed by atoms with van der Waals surface area (Å²) >= 11 is 0. The predicted octanol–water partition coefficient (Wildman–Crippen LogP) is 3.09. The second kappa shape index (κ2) is 5.13. The molecule has 0 amide bonds. The molecule has 0 aliphatic carbocycles. The van der Waals surface area contributed by atoms with Gasteiger partial charge >= 0.3 is 0 Å². The first-order chi connectivity index (χ1) is 9.74. The summed E-state index contributed by atoms with van der Waals surface area (Å²) in [6, 6.07) is 12.0. The van der Waals surface area contributed by atoms with E-state index in [1.54, 1.807) is 6.07 Å². The molecule has 0 radical (unpaired) electrons. The first-order valence-corrected chi connectivity index (χ1v) is 6.15. The SMILES string of the molecule is Oc1ccc(CNc2ncnc3ccccc23)cc1F. The van der Waals surface area contributed by atoms with E-state index in [4.69, 9.17) is 5.11 Å². The van der Waals surface area contributed by atoms with Crippen LogP contribution in [0, 0.1) is 5.82 Å². The number of aromatic hydroxyl groups is 1. The van der Waals surface area contributed by atoms with Gasteiger partial charge in [-0.2, -0.15) is 0 Å². The summed E-state index contributed by atoms with van der Waals surface area (Å²) in [4.78, 5) is 8.37. The predicted molar refractivity (Wildman–Crippen MR) is 74.9 cm³/mol. The maximum Gasteiger partial charge on any atom is 0.165 e. The lowest BCUT2D eigenvalue weighted by Gasteiger charge is -2.08. The second-order valence-electron chi connectivity index (χ2n) is 4.38. The molecule has 0 saturated heterocycles. The van der Waals surface area contributed by atoms with E-state index in [1.807, 2.05) is 24.3 Å². The van der Waals surface area contributed by atoms with Gasteiger partial charge in [-0.05, 0) is 29.8 Å². The zero-order valence-electron chi connectivity index (χ0n) is 10.5. The Labute approximate surface area is 114 Å². The van der Waals surface area contributed by atoms with E-state index in [1.165, 1.54) is 18.5 Å². The van der Waals surface area contributed by atoms with Crippen LogP contribution in [0.4, 0.5) is 10.2 Å². The summed E-state index contributed by atoms with van der Waals surface area (Å²) in [5.74, 6) is -0.276. The lowest BCUT2D eigenvalue weighted by molar-refractivity contribution is 0.432. The topological polar surface area (TPSA) is 58.0 Å². The number of hydrogen-bond acceptors (Lipinski definition) is 4. The molecule has 0 spiro atoms. The number of halogens is 1. The van der Waals surface area contributed by atoms with Gasteiger partial charge in [0.15, 0.2) is 11.6 Å². The van der Waals surface area contributed by atoms with Crippen molar-refractivity contribution in [2.75, 3.05) is 5.32 Å². The molecule has 0 unspecified atom stereocenters. The maximum atomic E-state index is 13.3. The molecule has 1 aromatic heterocycles. The number of para-hydroxylation sites is 1. The minimum atomic E-state index is -0.628. The molecule has 1 heterocycles. The van der Waals surface area contributed by atoms with Gasteiger partial charge in [0.1, 0.15) is 12.1 Å². The summed E-state index contributed by atoms with van der Waals surface area (Å²) in [5.41, 5.74) is 1.57. The van der Waals surface area contributed by atoms with Gasteiger partial charge in [-0.3, -0.25) is 0 Å². The molecule has 0 saturated carbocycles. The number of fused-ring (bicyclic) bond motifs is 1. The van der Waals surface area contributed by atoms with Gasteiger partial charge < -0.3 is 10.4 Å². The summed E-state index contributed by atoms with van der Waals surface area (Å²) < 4.78 is 13.3. The molecule has 0 atom stereocenters. The van der Waals surface area contributed by atoms with Crippen LogP contribution in [0.5, 0.6) is 5.75 Å². The number of aromatic nitrogens is 2. The van der Waals surface area contributed by atoms with Crippen molar-refractivity contribution in [1.82, 2.24) is 9.97 Å². The van der Waals surface area contributed by atoms with Crippen LogP contribution in [0.3, 0.4) is 0 Å². The van der Waals surface area contributed by atoms with E-state index >= 15 is 0 Å². The molecule has 4 nitrogen and oxygen atoms in total. The van der Waals surface area contributed by atoms with E-state index in [2.05, 4.69) is 15.3 Å². The Morgan fingerprint density at radius 1 is 1.10 bits per heavy atom. The Morgan fingerprint density at radius 2 is 1.95 bits per heavy atom.